The van der Waals surface area contributed by atoms with Crippen LogP contribution in [0.5, 0.6) is 0 Å². The summed E-state index contributed by atoms with van der Waals surface area (Å²) in [4.78, 5) is 0. The molecule has 9 heavy (non-hydrogen) atoms. The van der Waals surface area contributed by atoms with Crippen LogP contribution >= 0.6 is 0 Å². The third kappa shape index (κ3) is 4.39. The number of ether oxygens (including phenoxy) is 1. The molecule has 0 heterocycles. The maximum atomic E-state index is 9.25. The third-order valence-electron chi connectivity index (χ3n) is 1.28. The minimum Gasteiger partial charge on any atom is -0.389 e. The highest BCUT2D eigenvalue weighted by molar-refractivity contribution is 4.71. The molecule has 0 aromatic heterocycles. The van der Waals surface area contributed by atoms with E-state index in [4.69, 9.17) is 10.5 Å². The third-order valence-corrected chi connectivity index (χ3v) is 1.28. The lowest BCUT2D eigenvalue weighted by Crippen LogP contribution is -2.35. The van der Waals surface area contributed by atoms with Gasteiger partial charge in [0.05, 0.1) is 5.60 Å². The maximum Gasteiger partial charge on any atom is 0.0763 e. The Kier molecular flexibility index (Phi) is 3.77. The number of hydrogen-bond donors (Lipinski definition) is 2. The van der Waals surface area contributed by atoms with Crippen LogP contribution in [0.3, 0.4) is 0 Å². The van der Waals surface area contributed by atoms with Gasteiger partial charge in [-0.15, -0.1) is 0 Å². The predicted octanol–water partition coefficient (Wildman–Crippen LogP) is -0.267. The maximum absolute atomic E-state index is 9.25. The van der Waals surface area contributed by atoms with Crippen molar-refractivity contribution in [2.75, 3.05) is 20.3 Å². The van der Waals surface area contributed by atoms with E-state index in [1.807, 2.05) is 0 Å². The van der Waals surface area contributed by atoms with Crippen LogP contribution in [0.1, 0.15) is 13.3 Å². The molecule has 0 unspecified atom stereocenters. The zero-order valence-corrected chi connectivity index (χ0v) is 6.05. The summed E-state index contributed by atoms with van der Waals surface area (Å²) in [7, 11) is 1.60. The van der Waals surface area contributed by atoms with Gasteiger partial charge in [-0.25, -0.2) is 0 Å². The van der Waals surface area contributed by atoms with Gasteiger partial charge in [0.15, 0.2) is 0 Å². The standard InChI is InChI=1S/C6H15NO2/c1-6(8,5-7)3-4-9-2/h8H,3-5,7H2,1-2H3/t6-/m0/s1. The van der Waals surface area contributed by atoms with Gasteiger partial charge in [0, 0.05) is 26.7 Å². The number of aliphatic hydroxyl groups is 1. The lowest BCUT2D eigenvalue weighted by molar-refractivity contribution is 0.0322. The fourth-order valence-corrected chi connectivity index (χ4v) is 0.424. The normalized spacial score (nSPS) is 17.3. The topological polar surface area (TPSA) is 55.5 Å². The van der Waals surface area contributed by atoms with Crippen LogP contribution < -0.4 is 5.73 Å². The van der Waals surface area contributed by atoms with Crippen LogP contribution in [0.2, 0.25) is 0 Å². The van der Waals surface area contributed by atoms with Crippen LogP contribution in [0.15, 0.2) is 0 Å². The van der Waals surface area contributed by atoms with Gasteiger partial charge in [0.25, 0.3) is 0 Å². The molecule has 0 aliphatic carbocycles. The molecule has 0 saturated carbocycles. The summed E-state index contributed by atoms with van der Waals surface area (Å²) >= 11 is 0. The minimum atomic E-state index is -0.754. The van der Waals surface area contributed by atoms with E-state index in [1.54, 1.807) is 14.0 Å². The molecule has 3 N–H and O–H groups in total. The van der Waals surface area contributed by atoms with Crippen LogP contribution in [0.25, 0.3) is 0 Å². The highest BCUT2D eigenvalue weighted by atomic mass is 16.5. The van der Waals surface area contributed by atoms with Crippen molar-refractivity contribution in [2.45, 2.75) is 18.9 Å². The Morgan fingerprint density at radius 1 is 1.67 bits per heavy atom. The average Bonchev–Trinajstić information content (AvgIpc) is 1.84. The first-order valence-corrected chi connectivity index (χ1v) is 3.04. The SMILES string of the molecule is COCC[C@](C)(O)CN. The van der Waals surface area contributed by atoms with E-state index in [2.05, 4.69) is 0 Å². The van der Waals surface area contributed by atoms with Crippen LogP contribution in [0, 0.1) is 0 Å². The van der Waals surface area contributed by atoms with Gasteiger partial charge >= 0.3 is 0 Å². The lowest BCUT2D eigenvalue weighted by Gasteiger charge is -2.19. The molecule has 0 amide bonds. The van der Waals surface area contributed by atoms with Gasteiger partial charge < -0.3 is 15.6 Å². The van der Waals surface area contributed by atoms with Crippen molar-refractivity contribution in [1.29, 1.82) is 0 Å². The van der Waals surface area contributed by atoms with E-state index in [0.29, 0.717) is 13.0 Å². The van der Waals surface area contributed by atoms with E-state index in [0.717, 1.165) is 0 Å². The monoisotopic (exact) mass is 133 g/mol. The summed E-state index contributed by atoms with van der Waals surface area (Å²) in [5.74, 6) is 0. The molecule has 0 aliphatic rings. The summed E-state index contributed by atoms with van der Waals surface area (Å²) in [5.41, 5.74) is 4.49. The van der Waals surface area contributed by atoms with Gasteiger partial charge in [-0.2, -0.15) is 0 Å². The number of methoxy groups -OCH3 is 1. The number of rotatable bonds is 4. The molecule has 3 heteroatoms. The van der Waals surface area contributed by atoms with Crippen LogP contribution in [0.4, 0.5) is 0 Å². The second-order valence-electron chi connectivity index (χ2n) is 2.44. The molecule has 0 bridgehead atoms. The summed E-state index contributed by atoms with van der Waals surface area (Å²) in [5, 5.41) is 9.25. The first-order chi connectivity index (χ1) is 4.12. The first-order valence-electron chi connectivity index (χ1n) is 3.04. The zero-order chi connectivity index (χ0) is 7.33. The Balaban J connectivity index is 3.33. The molecule has 56 valence electrons. The molecule has 0 aromatic carbocycles. The molecule has 0 spiro atoms. The van der Waals surface area contributed by atoms with Gasteiger partial charge in [0.1, 0.15) is 0 Å². The quantitative estimate of drug-likeness (QED) is 0.555. The van der Waals surface area contributed by atoms with Crippen LogP contribution in [-0.2, 0) is 4.74 Å². The van der Waals surface area contributed by atoms with Gasteiger partial charge in [-0.3, -0.25) is 0 Å². The molecule has 0 aliphatic heterocycles. The van der Waals surface area contributed by atoms with Gasteiger partial charge in [0.2, 0.25) is 0 Å². The molecule has 0 fully saturated rings. The Morgan fingerprint density at radius 3 is 2.56 bits per heavy atom. The van der Waals surface area contributed by atoms with Crippen molar-refractivity contribution in [3.8, 4) is 0 Å². The van der Waals surface area contributed by atoms with Gasteiger partial charge in [-0.05, 0) is 6.92 Å². The fraction of sp³-hybridized carbons (Fsp3) is 1.00. The second kappa shape index (κ2) is 3.82. The van der Waals surface area contributed by atoms with E-state index >= 15 is 0 Å². The van der Waals surface area contributed by atoms with Gasteiger partial charge in [-0.1, -0.05) is 0 Å². The Labute approximate surface area is 55.8 Å². The average molecular weight is 133 g/mol. The smallest absolute Gasteiger partial charge is 0.0763 e. The summed E-state index contributed by atoms with van der Waals surface area (Å²) < 4.78 is 4.76. The van der Waals surface area contributed by atoms with Crippen molar-refractivity contribution >= 4 is 0 Å². The van der Waals surface area contributed by atoms with E-state index in [-0.39, 0.29) is 6.54 Å². The number of nitrogens with two attached hydrogens (primary N) is 1. The number of hydrogen-bond acceptors (Lipinski definition) is 3. The summed E-state index contributed by atoms with van der Waals surface area (Å²) in [6.45, 7) is 2.55. The van der Waals surface area contributed by atoms with E-state index in [1.165, 1.54) is 0 Å². The fourth-order valence-electron chi connectivity index (χ4n) is 0.424. The molecular weight excluding hydrogens is 118 g/mol. The van der Waals surface area contributed by atoms with Crippen molar-refractivity contribution < 1.29 is 9.84 Å². The lowest BCUT2D eigenvalue weighted by atomic mass is 10.0. The van der Waals surface area contributed by atoms with E-state index in [9.17, 15) is 5.11 Å². The van der Waals surface area contributed by atoms with Crippen molar-refractivity contribution in [2.24, 2.45) is 5.73 Å². The van der Waals surface area contributed by atoms with Crippen LogP contribution in [-0.4, -0.2) is 31.0 Å². The molecular formula is C6H15NO2. The highest BCUT2D eigenvalue weighted by Crippen LogP contribution is 2.05. The minimum absolute atomic E-state index is 0.288. The predicted molar refractivity (Wildman–Crippen MR) is 36.2 cm³/mol. The molecule has 0 aromatic rings. The highest BCUT2D eigenvalue weighted by Gasteiger charge is 2.16. The largest absolute Gasteiger partial charge is 0.389 e. The zero-order valence-electron chi connectivity index (χ0n) is 6.05. The summed E-state index contributed by atoms with van der Waals surface area (Å²) in [6, 6.07) is 0. The molecule has 0 rings (SSSR count). The molecule has 0 saturated heterocycles. The Hall–Kier alpha value is -0.120. The van der Waals surface area contributed by atoms with E-state index < -0.39 is 5.60 Å². The molecule has 1 atom stereocenters. The molecule has 3 nitrogen and oxygen atoms in total. The molecule has 0 radical (unpaired) electrons. The van der Waals surface area contributed by atoms with Crippen molar-refractivity contribution in [3.63, 3.8) is 0 Å². The second-order valence-corrected chi connectivity index (χ2v) is 2.44. The Morgan fingerprint density at radius 2 is 2.22 bits per heavy atom. The Bertz CT molecular complexity index is 73.5. The first kappa shape index (κ1) is 8.88. The summed E-state index contributed by atoms with van der Waals surface area (Å²) in [6.07, 6.45) is 0.597. The van der Waals surface area contributed by atoms with Crippen molar-refractivity contribution in [1.82, 2.24) is 0 Å². The van der Waals surface area contributed by atoms with Crippen molar-refractivity contribution in [3.05, 3.63) is 0 Å².